The molecule has 1 nitrogen and oxygen atoms in total. The van der Waals surface area contributed by atoms with Crippen molar-refractivity contribution in [3.63, 3.8) is 0 Å². The highest BCUT2D eigenvalue weighted by Crippen LogP contribution is 2.37. The van der Waals surface area contributed by atoms with Crippen LogP contribution in [-0.2, 0) is 12.0 Å². The highest BCUT2D eigenvalue weighted by Gasteiger charge is 2.31. The zero-order valence-corrected chi connectivity index (χ0v) is 17.3. The Balaban J connectivity index is 1.91. The Morgan fingerprint density at radius 3 is 2.14 bits per heavy atom. The van der Waals surface area contributed by atoms with Crippen molar-refractivity contribution in [1.82, 2.24) is 5.32 Å². The zero-order valence-electron chi connectivity index (χ0n) is 17.3. The third-order valence-electron chi connectivity index (χ3n) is 5.99. The highest BCUT2D eigenvalue weighted by molar-refractivity contribution is 5.46. The summed E-state index contributed by atoms with van der Waals surface area (Å²) in [4.78, 5) is 0. The summed E-state index contributed by atoms with van der Waals surface area (Å²) < 4.78 is 13.2. The maximum Gasteiger partial charge on any atom is 0.123 e. The quantitative estimate of drug-likeness (QED) is 0.507. The minimum atomic E-state index is -0.258. The van der Waals surface area contributed by atoms with Crippen LogP contribution in [0, 0.1) is 12.7 Å². The van der Waals surface area contributed by atoms with E-state index in [1.165, 1.54) is 27.8 Å². The number of aryl methyl sites for hydroxylation is 2. The number of hydrogen-bond donors (Lipinski definition) is 1. The summed E-state index contributed by atoms with van der Waals surface area (Å²) in [6, 6.07) is 24.2. The lowest BCUT2D eigenvalue weighted by Gasteiger charge is -2.35. The number of nitrogens with one attached hydrogen (secondary N) is 1. The van der Waals surface area contributed by atoms with Gasteiger partial charge >= 0.3 is 0 Å². The molecule has 3 rings (SSSR count). The van der Waals surface area contributed by atoms with Crippen LogP contribution < -0.4 is 5.32 Å². The Labute approximate surface area is 168 Å². The topological polar surface area (TPSA) is 12.0 Å². The SMILES string of the molecule is CN[C@](C)(c1ccccc1C)c1ccccc1[C@H](C)CCc1ccc(F)cc1. The molecule has 3 aromatic carbocycles. The number of halogens is 1. The largest absolute Gasteiger partial charge is 0.307 e. The van der Waals surface area contributed by atoms with Crippen LogP contribution in [0.3, 0.4) is 0 Å². The predicted octanol–water partition coefficient (Wildman–Crippen LogP) is 6.35. The van der Waals surface area contributed by atoms with Gasteiger partial charge in [0.25, 0.3) is 0 Å². The van der Waals surface area contributed by atoms with E-state index in [2.05, 4.69) is 74.6 Å². The first kappa shape index (κ1) is 20.3. The molecule has 0 unspecified atom stereocenters. The fourth-order valence-corrected chi connectivity index (χ4v) is 4.12. The summed E-state index contributed by atoms with van der Waals surface area (Å²) in [5.41, 5.74) is 6.19. The van der Waals surface area contributed by atoms with Crippen LogP contribution in [0.25, 0.3) is 0 Å². The molecule has 2 heteroatoms. The lowest BCUT2D eigenvalue weighted by molar-refractivity contribution is 0.472. The van der Waals surface area contributed by atoms with E-state index in [1.54, 1.807) is 12.1 Å². The van der Waals surface area contributed by atoms with E-state index in [4.69, 9.17) is 0 Å². The maximum atomic E-state index is 13.2. The number of benzene rings is 3. The molecule has 0 fully saturated rings. The molecule has 0 radical (unpaired) electrons. The van der Waals surface area contributed by atoms with Crippen LogP contribution in [0.1, 0.15) is 54.0 Å². The van der Waals surface area contributed by atoms with E-state index < -0.39 is 0 Å². The van der Waals surface area contributed by atoms with Crippen molar-refractivity contribution >= 4 is 0 Å². The molecule has 2 atom stereocenters. The first-order valence-corrected chi connectivity index (χ1v) is 10.0. The lowest BCUT2D eigenvalue weighted by atomic mass is 9.77. The molecule has 0 spiro atoms. The summed E-state index contributed by atoms with van der Waals surface area (Å²) in [6.45, 7) is 6.72. The van der Waals surface area contributed by atoms with E-state index in [0.29, 0.717) is 5.92 Å². The van der Waals surface area contributed by atoms with E-state index >= 15 is 0 Å². The van der Waals surface area contributed by atoms with Crippen molar-refractivity contribution in [1.29, 1.82) is 0 Å². The third kappa shape index (κ3) is 4.18. The van der Waals surface area contributed by atoms with Gasteiger partial charge in [-0.1, -0.05) is 67.6 Å². The van der Waals surface area contributed by atoms with Crippen LogP contribution in [0.15, 0.2) is 72.8 Å². The predicted molar refractivity (Wildman–Crippen MR) is 116 cm³/mol. The van der Waals surface area contributed by atoms with Crippen LogP contribution in [0.5, 0.6) is 0 Å². The molecule has 0 bridgehead atoms. The minimum absolute atomic E-state index is 0.176. The smallest absolute Gasteiger partial charge is 0.123 e. The molecule has 0 aliphatic carbocycles. The molecule has 0 aliphatic heterocycles. The summed E-state index contributed by atoms with van der Waals surface area (Å²) in [7, 11) is 2.03. The monoisotopic (exact) mass is 375 g/mol. The van der Waals surface area contributed by atoms with Gasteiger partial charge in [0, 0.05) is 0 Å². The van der Waals surface area contributed by atoms with Gasteiger partial charge in [-0.3, -0.25) is 0 Å². The van der Waals surface area contributed by atoms with Crippen molar-refractivity contribution < 1.29 is 4.39 Å². The van der Waals surface area contributed by atoms with Gasteiger partial charge in [-0.15, -0.1) is 0 Å². The van der Waals surface area contributed by atoms with Gasteiger partial charge in [0.1, 0.15) is 5.82 Å². The van der Waals surface area contributed by atoms with Crippen LogP contribution in [0.4, 0.5) is 4.39 Å². The molecular weight excluding hydrogens is 345 g/mol. The second-order valence-electron chi connectivity index (χ2n) is 7.84. The summed E-state index contributed by atoms with van der Waals surface area (Å²) >= 11 is 0. The molecule has 146 valence electrons. The van der Waals surface area contributed by atoms with Crippen molar-refractivity contribution in [2.75, 3.05) is 7.05 Å². The van der Waals surface area contributed by atoms with Crippen LogP contribution in [-0.4, -0.2) is 7.05 Å². The van der Waals surface area contributed by atoms with Gasteiger partial charge in [-0.2, -0.15) is 0 Å². The first-order valence-electron chi connectivity index (χ1n) is 10.0. The lowest BCUT2D eigenvalue weighted by Crippen LogP contribution is -2.39. The molecular formula is C26H30FN. The van der Waals surface area contributed by atoms with Crippen molar-refractivity contribution in [2.24, 2.45) is 0 Å². The zero-order chi connectivity index (χ0) is 20.1. The van der Waals surface area contributed by atoms with Crippen molar-refractivity contribution in [3.05, 3.63) is 106 Å². The van der Waals surface area contributed by atoms with Gasteiger partial charge in [0.2, 0.25) is 0 Å². The van der Waals surface area contributed by atoms with E-state index in [9.17, 15) is 4.39 Å². The number of hydrogen-bond acceptors (Lipinski definition) is 1. The average Bonchev–Trinajstić information content (AvgIpc) is 2.73. The second-order valence-corrected chi connectivity index (χ2v) is 7.84. The molecule has 1 N–H and O–H groups in total. The van der Waals surface area contributed by atoms with Gasteiger partial charge in [-0.25, -0.2) is 4.39 Å². The van der Waals surface area contributed by atoms with E-state index in [-0.39, 0.29) is 11.4 Å². The minimum Gasteiger partial charge on any atom is -0.307 e. The standard InChI is InChI=1S/C26H30FN/c1-19(13-14-21-15-17-22(27)18-16-21)23-10-6-8-12-25(23)26(3,28-4)24-11-7-5-9-20(24)2/h5-12,15-19,28H,13-14H2,1-4H3/t19-,26-/m1/s1. The molecule has 0 aromatic heterocycles. The normalized spacial score (nSPS) is 14.5. The fraction of sp³-hybridized carbons (Fsp3) is 0.308. The fourth-order valence-electron chi connectivity index (χ4n) is 4.12. The molecule has 0 heterocycles. The Kier molecular flexibility index (Phi) is 6.31. The van der Waals surface area contributed by atoms with Gasteiger partial charge in [-0.05, 0) is 79.6 Å². The van der Waals surface area contributed by atoms with Crippen LogP contribution in [0.2, 0.25) is 0 Å². The Bertz CT molecular complexity index is 916. The van der Waals surface area contributed by atoms with Crippen LogP contribution >= 0.6 is 0 Å². The van der Waals surface area contributed by atoms with Gasteiger partial charge in [0.15, 0.2) is 0 Å². The molecule has 0 aliphatic rings. The van der Waals surface area contributed by atoms with Crippen molar-refractivity contribution in [2.45, 2.75) is 45.1 Å². The average molecular weight is 376 g/mol. The Morgan fingerprint density at radius 2 is 1.50 bits per heavy atom. The Hall–Kier alpha value is -2.45. The Morgan fingerprint density at radius 1 is 0.893 bits per heavy atom. The first-order chi connectivity index (χ1) is 13.5. The number of rotatable bonds is 7. The summed E-state index contributed by atoms with van der Waals surface area (Å²) in [5, 5.41) is 3.59. The van der Waals surface area contributed by atoms with Gasteiger partial charge in [0.05, 0.1) is 5.54 Å². The molecule has 3 aromatic rings. The third-order valence-corrected chi connectivity index (χ3v) is 5.99. The summed E-state index contributed by atoms with van der Waals surface area (Å²) in [6.07, 6.45) is 1.96. The molecule has 28 heavy (non-hydrogen) atoms. The van der Waals surface area contributed by atoms with E-state index in [0.717, 1.165) is 12.8 Å². The molecule has 0 amide bonds. The highest BCUT2D eigenvalue weighted by atomic mass is 19.1. The van der Waals surface area contributed by atoms with Gasteiger partial charge < -0.3 is 5.32 Å². The van der Waals surface area contributed by atoms with Crippen molar-refractivity contribution in [3.8, 4) is 0 Å². The van der Waals surface area contributed by atoms with E-state index in [1.807, 2.05) is 19.2 Å². The molecule has 0 saturated heterocycles. The maximum absolute atomic E-state index is 13.2. The second kappa shape index (κ2) is 8.70. The summed E-state index contributed by atoms with van der Waals surface area (Å²) in [5.74, 6) is 0.225. The molecule has 0 saturated carbocycles.